The Morgan fingerprint density at radius 2 is 1.75 bits per heavy atom. The van der Waals surface area contributed by atoms with Gasteiger partial charge in [0.05, 0.1) is 0 Å². The third-order valence-corrected chi connectivity index (χ3v) is 5.04. The van der Waals surface area contributed by atoms with Gasteiger partial charge >= 0.3 is 6.03 Å². The summed E-state index contributed by atoms with van der Waals surface area (Å²) in [5, 5.41) is 4.99. The molecule has 3 rings (SSSR count). The Morgan fingerprint density at radius 3 is 2.29 bits per heavy atom. The Hall–Kier alpha value is -2.37. The number of amides is 4. The number of rotatable bonds is 4. The maximum absolute atomic E-state index is 12.4. The van der Waals surface area contributed by atoms with E-state index in [1.807, 2.05) is 0 Å². The van der Waals surface area contributed by atoms with Crippen molar-refractivity contribution in [2.75, 3.05) is 13.1 Å². The standard InChI is InChI=1S/C18H23N3O3/c1-2-13-3-5-14(6-4-13)7-8-15(22)21-11-9-18(10-12-21)16(23)19-17(24)20-18/h3-6H,2,7-12H2,1H3,(H2,19,20,23,24). The van der Waals surface area contributed by atoms with Gasteiger partial charge in [0.1, 0.15) is 5.54 Å². The van der Waals surface area contributed by atoms with Crippen LogP contribution in [0.5, 0.6) is 0 Å². The minimum atomic E-state index is -0.816. The number of aryl methyl sites for hydroxylation is 2. The van der Waals surface area contributed by atoms with Gasteiger partial charge in [-0.25, -0.2) is 4.79 Å². The predicted molar refractivity (Wildman–Crippen MR) is 89.4 cm³/mol. The Balaban J connectivity index is 1.50. The topological polar surface area (TPSA) is 78.5 Å². The molecule has 1 aromatic rings. The summed E-state index contributed by atoms with van der Waals surface area (Å²) >= 11 is 0. The van der Waals surface area contributed by atoms with Crippen molar-refractivity contribution in [2.45, 2.75) is 44.6 Å². The van der Waals surface area contributed by atoms with Gasteiger partial charge in [0.2, 0.25) is 5.91 Å². The second-order valence-corrected chi connectivity index (χ2v) is 6.54. The third kappa shape index (κ3) is 3.27. The van der Waals surface area contributed by atoms with Gasteiger partial charge in [0.15, 0.2) is 0 Å². The number of carbonyl (C=O) groups is 3. The van der Waals surface area contributed by atoms with Crippen LogP contribution in [0.15, 0.2) is 24.3 Å². The van der Waals surface area contributed by atoms with E-state index in [2.05, 4.69) is 41.8 Å². The molecule has 4 amide bonds. The molecule has 0 aromatic heterocycles. The summed E-state index contributed by atoms with van der Waals surface area (Å²) in [6.07, 6.45) is 3.15. The van der Waals surface area contributed by atoms with Crippen molar-refractivity contribution in [1.29, 1.82) is 0 Å². The summed E-state index contributed by atoms with van der Waals surface area (Å²) in [5.74, 6) is -0.162. The maximum Gasteiger partial charge on any atom is 0.322 e. The highest BCUT2D eigenvalue weighted by Gasteiger charge is 2.48. The summed E-state index contributed by atoms with van der Waals surface area (Å²) in [7, 11) is 0. The first kappa shape index (κ1) is 16.5. The molecule has 2 aliphatic heterocycles. The number of imide groups is 1. The molecule has 0 radical (unpaired) electrons. The van der Waals surface area contributed by atoms with Crippen LogP contribution >= 0.6 is 0 Å². The Labute approximate surface area is 141 Å². The molecule has 2 aliphatic rings. The molecular weight excluding hydrogens is 306 g/mol. The zero-order valence-electron chi connectivity index (χ0n) is 13.9. The first-order chi connectivity index (χ1) is 11.5. The quantitative estimate of drug-likeness (QED) is 0.819. The summed E-state index contributed by atoms with van der Waals surface area (Å²) in [4.78, 5) is 37.4. The lowest BCUT2D eigenvalue weighted by Gasteiger charge is -2.37. The maximum atomic E-state index is 12.4. The van der Waals surface area contributed by atoms with Crippen LogP contribution in [-0.2, 0) is 22.4 Å². The highest BCUT2D eigenvalue weighted by atomic mass is 16.2. The minimum absolute atomic E-state index is 0.106. The molecule has 0 unspecified atom stereocenters. The minimum Gasteiger partial charge on any atom is -0.342 e. The summed E-state index contributed by atoms with van der Waals surface area (Å²) in [5.41, 5.74) is 1.64. The molecule has 0 aliphatic carbocycles. The number of hydrogen-bond donors (Lipinski definition) is 2. The molecule has 2 heterocycles. The van der Waals surface area contributed by atoms with E-state index in [0.29, 0.717) is 32.4 Å². The smallest absolute Gasteiger partial charge is 0.322 e. The first-order valence-corrected chi connectivity index (χ1v) is 8.51. The average molecular weight is 329 g/mol. The molecule has 128 valence electrons. The lowest BCUT2D eigenvalue weighted by molar-refractivity contribution is -0.135. The normalized spacial score (nSPS) is 19.3. The van der Waals surface area contributed by atoms with Crippen LogP contribution in [0, 0.1) is 0 Å². The van der Waals surface area contributed by atoms with Gasteiger partial charge in [-0.2, -0.15) is 0 Å². The summed E-state index contributed by atoms with van der Waals surface area (Å²) in [6, 6.07) is 7.93. The summed E-state index contributed by atoms with van der Waals surface area (Å²) < 4.78 is 0. The van der Waals surface area contributed by atoms with E-state index in [9.17, 15) is 14.4 Å². The zero-order valence-corrected chi connectivity index (χ0v) is 13.9. The molecular formula is C18H23N3O3. The van der Waals surface area contributed by atoms with Gasteiger partial charge in [0, 0.05) is 19.5 Å². The first-order valence-electron chi connectivity index (χ1n) is 8.51. The number of urea groups is 1. The van der Waals surface area contributed by atoms with E-state index in [1.165, 1.54) is 5.56 Å². The number of piperidine rings is 1. The zero-order chi connectivity index (χ0) is 17.2. The largest absolute Gasteiger partial charge is 0.342 e. The lowest BCUT2D eigenvalue weighted by atomic mass is 9.87. The van der Waals surface area contributed by atoms with Gasteiger partial charge in [-0.1, -0.05) is 31.2 Å². The van der Waals surface area contributed by atoms with Crippen LogP contribution in [-0.4, -0.2) is 41.4 Å². The fraction of sp³-hybridized carbons (Fsp3) is 0.500. The van der Waals surface area contributed by atoms with E-state index >= 15 is 0 Å². The number of benzene rings is 1. The molecule has 24 heavy (non-hydrogen) atoms. The molecule has 1 spiro atoms. The van der Waals surface area contributed by atoms with Crippen LogP contribution in [0.2, 0.25) is 0 Å². The van der Waals surface area contributed by atoms with Crippen LogP contribution in [0.1, 0.15) is 37.3 Å². The number of nitrogens with zero attached hydrogens (tertiary/aromatic N) is 1. The van der Waals surface area contributed by atoms with Crippen molar-refractivity contribution in [3.8, 4) is 0 Å². The van der Waals surface area contributed by atoms with E-state index in [1.54, 1.807) is 4.90 Å². The van der Waals surface area contributed by atoms with E-state index in [4.69, 9.17) is 0 Å². The van der Waals surface area contributed by atoms with Crippen LogP contribution < -0.4 is 10.6 Å². The number of nitrogens with one attached hydrogen (secondary N) is 2. The predicted octanol–water partition coefficient (Wildman–Crippen LogP) is 1.38. The van der Waals surface area contributed by atoms with Crippen molar-refractivity contribution in [3.05, 3.63) is 35.4 Å². The SMILES string of the molecule is CCc1ccc(CCC(=O)N2CCC3(CC2)NC(=O)NC3=O)cc1. The number of likely N-dealkylation sites (tertiary alicyclic amines) is 1. The van der Waals surface area contributed by atoms with Gasteiger partial charge in [0.25, 0.3) is 5.91 Å². The fourth-order valence-electron chi connectivity index (χ4n) is 3.37. The van der Waals surface area contributed by atoms with Crippen LogP contribution in [0.4, 0.5) is 4.79 Å². The molecule has 2 fully saturated rings. The van der Waals surface area contributed by atoms with E-state index < -0.39 is 11.6 Å². The molecule has 6 nitrogen and oxygen atoms in total. The molecule has 6 heteroatoms. The van der Waals surface area contributed by atoms with Crippen LogP contribution in [0.25, 0.3) is 0 Å². The van der Waals surface area contributed by atoms with Crippen molar-refractivity contribution >= 4 is 17.8 Å². The molecule has 0 saturated carbocycles. The highest BCUT2D eigenvalue weighted by Crippen LogP contribution is 2.26. The van der Waals surface area contributed by atoms with Crippen molar-refractivity contribution < 1.29 is 14.4 Å². The van der Waals surface area contributed by atoms with Gasteiger partial charge < -0.3 is 10.2 Å². The summed E-state index contributed by atoms with van der Waals surface area (Å²) in [6.45, 7) is 3.12. The van der Waals surface area contributed by atoms with Crippen LogP contribution in [0.3, 0.4) is 0 Å². The Kier molecular flexibility index (Phi) is 4.55. The molecule has 0 atom stereocenters. The molecule has 1 aromatic carbocycles. The molecule has 2 saturated heterocycles. The van der Waals surface area contributed by atoms with Gasteiger partial charge in [-0.05, 0) is 36.8 Å². The van der Waals surface area contributed by atoms with E-state index in [0.717, 1.165) is 18.4 Å². The lowest BCUT2D eigenvalue weighted by Crippen LogP contribution is -2.55. The van der Waals surface area contributed by atoms with Gasteiger partial charge in [-0.15, -0.1) is 0 Å². The van der Waals surface area contributed by atoms with Gasteiger partial charge in [-0.3, -0.25) is 14.9 Å². The Bertz CT molecular complexity index is 646. The highest BCUT2D eigenvalue weighted by molar-refractivity contribution is 6.07. The number of carbonyl (C=O) groups excluding carboxylic acids is 3. The van der Waals surface area contributed by atoms with E-state index in [-0.39, 0.29) is 11.8 Å². The second-order valence-electron chi connectivity index (χ2n) is 6.54. The monoisotopic (exact) mass is 329 g/mol. The van der Waals surface area contributed by atoms with Crippen molar-refractivity contribution in [2.24, 2.45) is 0 Å². The molecule has 0 bridgehead atoms. The fourth-order valence-corrected chi connectivity index (χ4v) is 3.37. The molecule has 2 N–H and O–H groups in total. The average Bonchev–Trinajstić information content (AvgIpc) is 2.87. The third-order valence-electron chi connectivity index (χ3n) is 5.04. The number of hydrogen-bond acceptors (Lipinski definition) is 3. The van der Waals surface area contributed by atoms with Crippen molar-refractivity contribution in [1.82, 2.24) is 15.5 Å². The Morgan fingerprint density at radius 1 is 1.12 bits per heavy atom. The van der Waals surface area contributed by atoms with Crippen molar-refractivity contribution in [3.63, 3.8) is 0 Å². The second kappa shape index (κ2) is 6.63.